The third kappa shape index (κ3) is 2.69. The first-order chi connectivity index (χ1) is 6.85. The number of hydrogen-bond donors (Lipinski definition) is 2. The fraction of sp³-hybridized carbons (Fsp3) is 0.364. The van der Waals surface area contributed by atoms with E-state index in [1.165, 1.54) is 13.8 Å². The highest BCUT2D eigenvalue weighted by molar-refractivity contribution is 14.1. The molecule has 82 valence electrons. The zero-order valence-corrected chi connectivity index (χ0v) is 10.7. The summed E-state index contributed by atoms with van der Waals surface area (Å²) in [6.45, 7) is 3.02. The van der Waals surface area contributed by atoms with E-state index in [-0.39, 0.29) is 0 Å². The van der Waals surface area contributed by atoms with Crippen LogP contribution in [0.1, 0.15) is 19.4 Å². The van der Waals surface area contributed by atoms with E-state index in [0.717, 1.165) is 3.57 Å². The van der Waals surface area contributed by atoms with Gasteiger partial charge in [-0.2, -0.15) is 0 Å². The van der Waals surface area contributed by atoms with Crippen molar-refractivity contribution in [2.45, 2.75) is 19.4 Å². The molecule has 0 spiro atoms. The molecular formula is C11H13IO3. The molecule has 1 aromatic carbocycles. The van der Waals surface area contributed by atoms with Gasteiger partial charge in [-0.05, 0) is 54.1 Å². The van der Waals surface area contributed by atoms with E-state index in [2.05, 4.69) is 22.6 Å². The summed E-state index contributed by atoms with van der Waals surface area (Å²) in [6.07, 6.45) is 0. The molecule has 2 atom stereocenters. The van der Waals surface area contributed by atoms with Crippen molar-refractivity contribution in [1.82, 2.24) is 0 Å². The predicted molar refractivity (Wildman–Crippen MR) is 65.5 cm³/mol. The highest BCUT2D eigenvalue weighted by Crippen LogP contribution is 2.29. The lowest BCUT2D eigenvalue weighted by molar-refractivity contribution is -0.150. The molecule has 0 radical (unpaired) electrons. The minimum atomic E-state index is -1.34. The third-order valence-corrected chi connectivity index (χ3v) is 3.36. The topological polar surface area (TPSA) is 57.5 Å². The molecule has 0 saturated heterocycles. The summed E-state index contributed by atoms with van der Waals surface area (Å²) in [4.78, 5) is 10.8. The molecule has 0 fully saturated rings. The fourth-order valence-electron chi connectivity index (χ4n) is 1.28. The Hall–Kier alpha value is -0.620. The van der Waals surface area contributed by atoms with Crippen LogP contribution < -0.4 is 0 Å². The lowest BCUT2D eigenvalue weighted by Gasteiger charge is -2.27. The Bertz CT molecular complexity index is 357. The monoisotopic (exact) mass is 320 g/mol. The molecule has 4 heteroatoms. The van der Waals surface area contributed by atoms with E-state index in [0.29, 0.717) is 5.56 Å². The van der Waals surface area contributed by atoms with Gasteiger partial charge in [-0.25, -0.2) is 0 Å². The van der Waals surface area contributed by atoms with Crippen molar-refractivity contribution < 1.29 is 15.0 Å². The second kappa shape index (κ2) is 4.49. The molecule has 0 amide bonds. The summed E-state index contributed by atoms with van der Waals surface area (Å²) in [7, 11) is 0. The molecule has 0 aliphatic heterocycles. The number of aliphatic carboxylic acids is 1. The Labute approximate surface area is 102 Å². The Morgan fingerprint density at radius 2 is 1.87 bits per heavy atom. The fourth-order valence-corrected chi connectivity index (χ4v) is 1.64. The number of rotatable bonds is 3. The SMILES string of the molecule is CC(C(=O)O)C(C)(O)c1ccc(I)cc1. The molecule has 0 heterocycles. The maximum absolute atomic E-state index is 10.8. The Kier molecular flexibility index (Phi) is 3.72. The second-order valence-electron chi connectivity index (χ2n) is 3.71. The van der Waals surface area contributed by atoms with Crippen LogP contribution in [0.15, 0.2) is 24.3 Å². The van der Waals surface area contributed by atoms with Gasteiger partial charge in [0.25, 0.3) is 0 Å². The largest absolute Gasteiger partial charge is 0.481 e. The van der Waals surface area contributed by atoms with Crippen molar-refractivity contribution in [3.8, 4) is 0 Å². The van der Waals surface area contributed by atoms with Crippen molar-refractivity contribution >= 4 is 28.6 Å². The van der Waals surface area contributed by atoms with Crippen molar-refractivity contribution in [3.05, 3.63) is 33.4 Å². The smallest absolute Gasteiger partial charge is 0.309 e. The van der Waals surface area contributed by atoms with Gasteiger partial charge in [-0.15, -0.1) is 0 Å². The molecule has 0 saturated carbocycles. The predicted octanol–water partition coefficient (Wildman–Crippen LogP) is 2.22. The van der Waals surface area contributed by atoms with Gasteiger partial charge in [-0.3, -0.25) is 4.79 Å². The van der Waals surface area contributed by atoms with E-state index in [1.807, 2.05) is 12.1 Å². The van der Waals surface area contributed by atoms with E-state index in [1.54, 1.807) is 12.1 Å². The number of hydrogen-bond acceptors (Lipinski definition) is 2. The van der Waals surface area contributed by atoms with E-state index < -0.39 is 17.5 Å². The standard InChI is InChI=1S/C11H13IO3/c1-7(10(13)14)11(2,15)8-3-5-9(12)6-4-8/h3-7,15H,1-2H3,(H,13,14). The molecule has 2 N–H and O–H groups in total. The van der Waals surface area contributed by atoms with Crippen molar-refractivity contribution in [3.63, 3.8) is 0 Å². The summed E-state index contributed by atoms with van der Waals surface area (Å²) in [5.41, 5.74) is -0.714. The van der Waals surface area contributed by atoms with E-state index in [9.17, 15) is 9.90 Å². The number of halogens is 1. The second-order valence-corrected chi connectivity index (χ2v) is 4.96. The van der Waals surface area contributed by atoms with Crippen LogP contribution in [0, 0.1) is 9.49 Å². The van der Waals surface area contributed by atoms with Crippen molar-refractivity contribution in [1.29, 1.82) is 0 Å². The Morgan fingerprint density at radius 3 is 2.27 bits per heavy atom. The number of aliphatic hydroxyl groups is 1. The molecule has 1 rings (SSSR count). The maximum atomic E-state index is 10.8. The maximum Gasteiger partial charge on any atom is 0.309 e. The van der Waals surface area contributed by atoms with Crippen molar-refractivity contribution in [2.75, 3.05) is 0 Å². The van der Waals surface area contributed by atoms with Crippen LogP contribution >= 0.6 is 22.6 Å². The lowest BCUT2D eigenvalue weighted by atomic mass is 9.84. The van der Waals surface area contributed by atoms with Gasteiger partial charge in [0.2, 0.25) is 0 Å². The molecule has 3 nitrogen and oxygen atoms in total. The van der Waals surface area contributed by atoms with Crippen LogP contribution in [0.3, 0.4) is 0 Å². The lowest BCUT2D eigenvalue weighted by Crippen LogP contribution is -2.35. The van der Waals surface area contributed by atoms with Crippen LogP contribution in [-0.4, -0.2) is 16.2 Å². The third-order valence-electron chi connectivity index (χ3n) is 2.64. The minimum Gasteiger partial charge on any atom is -0.481 e. The first-order valence-corrected chi connectivity index (χ1v) is 5.65. The summed E-state index contributed by atoms with van der Waals surface area (Å²) in [6, 6.07) is 7.19. The Balaban J connectivity index is 3.05. The first kappa shape index (κ1) is 12.4. The van der Waals surface area contributed by atoms with E-state index in [4.69, 9.17) is 5.11 Å². The van der Waals surface area contributed by atoms with Gasteiger partial charge < -0.3 is 10.2 Å². The van der Waals surface area contributed by atoms with Crippen LogP contribution in [0.4, 0.5) is 0 Å². The van der Waals surface area contributed by atoms with Crippen LogP contribution in [-0.2, 0) is 10.4 Å². The van der Waals surface area contributed by atoms with Gasteiger partial charge in [0.05, 0.1) is 11.5 Å². The summed E-state index contributed by atoms with van der Waals surface area (Å²) in [5.74, 6) is -1.84. The normalized spacial score (nSPS) is 16.8. The first-order valence-electron chi connectivity index (χ1n) is 4.57. The van der Waals surface area contributed by atoms with Crippen LogP contribution in [0.25, 0.3) is 0 Å². The average Bonchev–Trinajstić information content (AvgIpc) is 2.17. The quantitative estimate of drug-likeness (QED) is 0.840. The van der Waals surface area contributed by atoms with Crippen LogP contribution in [0.5, 0.6) is 0 Å². The summed E-state index contributed by atoms with van der Waals surface area (Å²) in [5, 5.41) is 19.0. The summed E-state index contributed by atoms with van der Waals surface area (Å²) < 4.78 is 1.05. The molecular weight excluding hydrogens is 307 g/mol. The van der Waals surface area contributed by atoms with Gasteiger partial charge >= 0.3 is 5.97 Å². The van der Waals surface area contributed by atoms with E-state index >= 15 is 0 Å². The number of carboxylic acids is 1. The molecule has 0 aliphatic rings. The highest BCUT2D eigenvalue weighted by Gasteiger charge is 2.35. The zero-order chi connectivity index (χ0) is 11.6. The minimum absolute atomic E-state index is 0.623. The molecule has 15 heavy (non-hydrogen) atoms. The van der Waals surface area contributed by atoms with Gasteiger partial charge in [0, 0.05) is 3.57 Å². The van der Waals surface area contributed by atoms with Crippen LogP contribution in [0.2, 0.25) is 0 Å². The number of carboxylic acid groups (broad SMARTS) is 1. The highest BCUT2D eigenvalue weighted by atomic mass is 127. The number of carbonyl (C=O) groups is 1. The Morgan fingerprint density at radius 1 is 1.40 bits per heavy atom. The number of benzene rings is 1. The molecule has 0 aromatic heterocycles. The zero-order valence-electron chi connectivity index (χ0n) is 8.57. The molecule has 1 aromatic rings. The summed E-state index contributed by atoms with van der Waals surface area (Å²) >= 11 is 2.16. The van der Waals surface area contributed by atoms with Gasteiger partial charge in [-0.1, -0.05) is 12.1 Å². The molecule has 0 aliphatic carbocycles. The molecule has 2 unspecified atom stereocenters. The molecule has 0 bridgehead atoms. The average molecular weight is 320 g/mol. The van der Waals surface area contributed by atoms with Crippen molar-refractivity contribution in [2.24, 2.45) is 5.92 Å². The van der Waals surface area contributed by atoms with Gasteiger partial charge in [0.1, 0.15) is 0 Å². The van der Waals surface area contributed by atoms with Gasteiger partial charge in [0.15, 0.2) is 0 Å².